The lowest BCUT2D eigenvalue weighted by atomic mass is 9.95. The van der Waals surface area contributed by atoms with Gasteiger partial charge in [-0.25, -0.2) is 4.39 Å². The average molecular weight is 572 g/mol. The smallest absolute Gasteiger partial charge is 0.229 e. The minimum Gasteiger partial charge on any atom is -0.494 e. The van der Waals surface area contributed by atoms with Gasteiger partial charge in [0, 0.05) is 40.4 Å². The predicted molar refractivity (Wildman–Crippen MR) is 164 cm³/mol. The van der Waals surface area contributed by atoms with Crippen molar-refractivity contribution in [2.75, 3.05) is 17.3 Å². The monoisotopic (exact) mass is 571 g/mol. The molecule has 1 aliphatic heterocycles. The molecule has 2 N–H and O–H groups in total. The zero-order valence-electron chi connectivity index (χ0n) is 24.0. The zero-order valence-corrected chi connectivity index (χ0v) is 24.8. The van der Waals surface area contributed by atoms with E-state index >= 15 is 0 Å². The first-order valence-corrected chi connectivity index (χ1v) is 13.9. The Kier molecular flexibility index (Phi) is 7.57. The van der Waals surface area contributed by atoms with Gasteiger partial charge in [-0.05, 0) is 80.2 Å². The average Bonchev–Trinajstić information content (AvgIpc) is 3.43. The third-order valence-electron chi connectivity index (χ3n) is 7.35. The molecule has 0 unspecified atom stereocenters. The van der Waals surface area contributed by atoms with Gasteiger partial charge in [0.05, 0.1) is 30.6 Å². The van der Waals surface area contributed by atoms with E-state index < -0.39 is 5.41 Å². The van der Waals surface area contributed by atoms with E-state index in [1.165, 1.54) is 12.1 Å². The summed E-state index contributed by atoms with van der Waals surface area (Å²) in [5.41, 5.74) is 5.38. The number of nitrogens with one attached hydrogen (secondary N) is 2. The molecule has 0 bridgehead atoms. The Labute approximate surface area is 245 Å². The molecule has 212 valence electrons. The molecule has 9 heteroatoms. The lowest BCUT2D eigenvalue weighted by Crippen LogP contribution is -2.30. The van der Waals surface area contributed by atoms with Gasteiger partial charge in [0.25, 0.3) is 0 Å². The lowest BCUT2D eigenvalue weighted by Gasteiger charge is -2.29. The van der Waals surface area contributed by atoms with Crippen LogP contribution < -0.4 is 20.3 Å². The summed E-state index contributed by atoms with van der Waals surface area (Å²) < 4.78 is 22.0. The number of carbonyl (C=O) groups is 1. The van der Waals surface area contributed by atoms with Crippen LogP contribution in [0.5, 0.6) is 5.75 Å². The van der Waals surface area contributed by atoms with Crippen molar-refractivity contribution < 1.29 is 13.9 Å². The minimum atomic E-state index is -0.560. The van der Waals surface area contributed by atoms with E-state index in [9.17, 15) is 9.18 Å². The first-order chi connectivity index (χ1) is 19.5. The molecule has 2 atom stereocenters. The number of aromatic nitrogens is 2. The van der Waals surface area contributed by atoms with E-state index in [-0.39, 0.29) is 23.8 Å². The van der Waals surface area contributed by atoms with Gasteiger partial charge in [0.2, 0.25) is 5.91 Å². The van der Waals surface area contributed by atoms with E-state index in [4.69, 9.17) is 17.0 Å². The van der Waals surface area contributed by atoms with Crippen LogP contribution in [0.4, 0.5) is 15.8 Å². The third-order valence-corrected chi connectivity index (χ3v) is 7.66. The van der Waals surface area contributed by atoms with Crippen LogP contribution in [0, 0.1) is 25.1 Å². The Morgan fingerprint density at radius 1 is 1.05 bits per heavy atom. The Balaban J connectivity index is 1.63. The van der Waals surface area contributed by atoms with Gasteiger partial charge in [-0.1, -0.05) is 32.9 Å². The fourth-order valence-electron chi connectivity index (χ4n) is 5.29. The van der Waals surface area contributed by atoms with Crippen molar-refractivity contribution in [3.63, 3.8) is 0 Å². The number of thiocarbonyl (C=S) groups is 1. The minimum absolute atomic E-state index is 0.111. The van der Waals surface area contributed by atoms with E-state index in [2.05, 4.69) is 31.2 Å². The van der Waals surface area contributed by atoms with Crippen LogP contribution >= 0.6 is 12.2 Å². The number of halogens is 1. The first-order valence-electron chi connectivity index (χ1n) is 13.4. The van der Waals surface area contributed by atoms with E-state index in [0.29, 0.717) is 16.5 Å². The number of nitrogens with zero attached hydrogens (tertiary/aromatic N) is 3. The number of methoxy groups -OCH3 is 1. The van der Waals surface area contributed by atoms with E-state index in [0.717, 1.165) is 34.0 Å². The maximum absolute atomic E-state index is 14.2. The van der Waals surface area contributed by atoms with Crippen molar-refractivity contribution in [3.05, 3.63) is 101 Å². The summed E-state index contributed by atoms with van der Waals surface area (Å²) in [7, 11) is 1.58. The number of ether oxygens (including phenoxy) is 1. The molecule has 3 heterocycles. The second-order valence-corrected chi connectivity index (χ2v) is 11.6. The molecule has 7 nitrogen and oxygen atoms in total. The fourth-order valence-corrected chi connectivity index (χ4v) is 5.64. The van der Waals surface area contributed by atoms with Crippen LogP contribution in [0.15, 0.2) is 72.9 Å². The molecule has 4 aromatic rings. The molecule has 0 saturated carbocycles. The van der Waals surface area contributed by atoms with Crippen LogP contribution in [0.1, 0.15) is 55.5 Å². The summed E-state index contributed by atoms with van der Waals surface area (Å²) in [6.07, 6.45) is 1.77. The van der Waals surface area contributed by atoms with Crippen LogP contribution in [0.25, 0.3) is 5.69 Å². The van der Waals surface area contributed by atoms with Gasteiger partial charge in [-0.3, -0.25) is 9.78 Å². The number of anilines is 2. The molecule has 1 amide bonds. The molecule has 2 aromatic carbocycles. The molecule has 0 aliphatic carbocycles. The summed E-state index contributed by atoms with van der Waals surface area (Å²) in [5, 5.41) is 7.00. The largest absolute Gasteiger partial charge is 0.494 e. The topological polar surface area (TPSA) is 71.4 Å². The number of hydrogen-bond acceptors (Lipinski definition) is 4. The highest BCUT2D eigenvalue weighted by Crippen LogP contribution is 2.45. The maximum atomic E-state index is 14.2. The highest BCUT2D eigenvalue weighted by molar-refractivity contribution is 7.80. The fraction of sp³-hybridized carbons (Fsp3) is 0.281. The van der Waals surface area contributed by atoms with Crippen molar-refractivity contribution in [3.8, 4) is 11.4 Å². The van der Waals surface area contributed by atoms with Gasteiger partial charge >= 0.3 is 0 Å². The summed E-state index contributed by atoms with van der Waals surface area (Å²) in [6.45, 7) is 9.63. The molecule has 0 radical (unpaired) electrons. The number of rotatable bonds is 6. The Hall–Kier alpha value is -4.24. The Bertz CT molecular complexity index is 1610. The van der Waals surface area contributed by atoms with Crippen molar-refractivity contribution in [2.24, 2.45) is 5.41 Å². The SMILES string of the molecule is COc1cc(N2C(=S)N[C@@H](c3ccccn3)[C@@H]2c2cc(C)n(-c3cccc(F)c3)c2C)ccc1NC(=O)C(C)(C)C. The van der Waals surface area contributed by atoms with Gasteiger partial charge in [0.1, 0.15) is 11.6 Å². The van der Waals surface area contributed by atoms with Gasteiger partial charge in [0.15, 0.2) is 5.11 Å². The zero-order chi connectivity index (χ0) is 29.5. The summed E-state index contributed by atoms with van der Waals surface area (Å²) >= 11 is 5.92. The maximum Gasteiger partial charge on any atom is 0.229 e. The number of aryl methyl sites for hydroxylation is 1. The molecular weight excluding hydrogens is 537 g/mol. The Morgan fingerprint density at radius 2 is 1.83 bits per heavy atom. The standard InChI is InChI=1S/C32H34FN5O2S/c1-19-16-24(20(2)37(19)22-11-9-10-21(33)17-22)29-28(26-12-7-8-15-34-26)36-31(41)38(29)23-13-14-25(27(18-23)40-6)35-30(39)32(3,4)5/h7-18,28-29H,1-6H3,(H,35,39)(H,36,41)/t28-,29-/m0/s1. The summed E-state index contributed by atoms with van der Waals surface area (Å²) in [5.74, 6) is 0.118. The molecule has 0 spiro atoms. The van der Waals surface area contributed by atoms with E-state index in [1.807, 2.05) is 77.1 Å². The molecular formula is C32H34FN5O2S. The number of carbonyl (C=O) groups excluding carboxylic acids is 1. The quantitative estimate of drug-likeness (QED) is 0.248. The van der Waals surface area contributed by atoms with Gasteiger partial charge in [-0.2, -0.15) is 0 Å². The lowest BCUT2D eigenvalue weighted by molar-refractivity contribution is -0.123. The van der Waals surface area contributed by atoms with Gasteiger partial charge < -0.3 is 24.8 Å². The second-order valence-electron chi connectivity index (χ2n) is 11.2. The number of pyridine rings is 1. The molecule has 2 aromatic heterocycles. The van der Waals surface area contributed by atoms with Crippen molar-refractivity contribution in [1.29, 1.82) is 0 Å². The molecule has 41 heavy (non-hydrogen) atoms. The Morgan fingerprint density at radius 3 is 2.49 bits per heavy atom. The molecule has 1 saturated heterocycles. The summed E-state index contributed by atoms with van der Waals surface area (Å²) in [4.78, 5) is 19.4. The predicted octanol–water partition coefficient (Wildman–Crippen LogP) is 6.80. The van der Waals surface area contributed by atoms with Crippen molar-refractivity contribution in [1.82, 2.24) is 14.9 Å². The highest BCUT2D eigenvalue weighted by atomic mass is 32.1. The highest BCUT2D eigenvalue weighted by Gasteiger charge is 2.42. The second kappa shape index (κ2) is 11.0. The van der Waals surface area contributed by atoms with Crippen LogP contribution in [-0.2, 0) is 4.79 Å². The van der Waals surface area contributed by atoms with E-state index in [1.54, 1.807) is 19.4 Å². The van der Waals surface area contributed by atoms with Crippen LogP contribution in [0.2, 0.25) is 0 Å². The number of benzene rings is 2. The summed E-state index contributed by atoms with van der Waals surface area (Å²) in [6, 6.07) is 19.6. The van der Waals surface area contributed by atoms with Crippen molar-refractivity contribution in [2.45, 2.75) is 46.7 Å². The van der Waals surface area contributed by atoms with Crippen molar-refractivity contribution >= 4 is 34.6 Å². The first kappa shape index (κ1) is 28.3. The molecule has 5 rings (SSSR count). The molecule has 1 aliphatic rings. The number of hydrogen-bond donors (Lipinski definition) is 2. The van der Waals surface area contributed by atoms with Crippen LogP contribution in [0.3, 0.4) is 0 Å². The van der Waals surface area contributed by atoms with Crippen LogP contribution in [-0.4, -0.2) is 27.7 Å². The normalized spacial score (nSPS) is 17.0. The number of amides is 1. The third kappa shape index (κ3) is 5.41. The molecule has 1 fully saturated rings. The van der Waals surface area contributed by atoms with Gasteiger partial charge in [-0.15, -0.1) is 0 Å².